The van der Waals surface area contributed by atoms with Gasteiger partial charge in [0.25, 0.3) is 0 Å². The van der Waals surface area contributed by atoms with E-state index in [0.29, 0.717) is 0 Å². The van der Waals surface area contributed by atoms with E-state index in [1.807, 2.05) is 24.3 Å². The molecule has 0 rings (SSSR count). The molecule has 0 bridgehead atoms. The summed E-state index contributed by atoms with van der Waals surface area (Å²) in [6.07, 6.45) is 7.23. The van der Waals surface area contributed by atoms with Crippen LogP contribution in [0.4, 0.5) is 0 Å². The number of hydrogen-bond donors (Lipinski definition) is 0. The molecule has 0 fully saturated rings. The van der Waals surface area contributed by atoms with Gasteiger partial charge in [0, 0.05) is 0 Å². The van der Waals surface area contributed by atoms with Crippen LogP contribution in [0.15, 0.2) is 50.6 Å². The Morgan fingerprint density at radius 1 is 0.571 bits per heavy atom. The van der Waals surface area contributed by atoms with E-state index in [-0.39, 0.29) is 39.1 Å². The van der Waals surface area contributed by atoms with Gasteiger partial charge in [-0.1, -0.05) is 24.3 Å². The number of rotatable bonds is 16. The van der Waals surface area contributed by atoms with Crippen molar-refractivity contribution in [1.29, 1.82) is 0 Å². The second-order valence-electron chi connectivity index (χ2n) is 3.46. The Morgan fingerprint density at radius 2 is 0.810 bits per heavy atom. The summed E-state index contributed by atoms with van der Waals surface area (Å²) in [6, 6.07) is 3.02. The molecule has 0 aromatic carbocycles. The Hall–Kier alpha value is -0.116. The highest BCUT2D eigenvalue weighted by molar-refractivity contribution is 6.72. The van der Waals surface area contributed by atoms with Crippen molar-refractivity contribution in [2.24, 2.45) is 0 Å². The van der Waals surface area contributed by atoms with Crippen molar-refractivity contribution in [2.45, 2.75) is 24.2 Å². The van der Waals surface area contributed by atoms with E-state index in [0.717, 1.165) is 24.2 Å². The maximum atomic E-state index is 5.86. The molecule has 0 heterocycles. The first kappa shape index (κ1) is 20.9. The predicted molar refractivity (Wildman–Crippen MR) is 93.1 cm³/mol. The van der Waals surface area contributed by atoms with Crippen molar-refractivity contribution in [1.82, 2.24) is 0 Å². The summed E-state index contributed by atoms with van der Waals surface area (Å²) in [6.45, 7) is 14.8. The fourth-order valence-corrected chi connectivity index (χ4v) is 8.76. The molecule has 4 nitrogen and oxygen atoms in total. The van der Waals surface area contributed by atoms with Crippen LogP contribution in [-0.2, 0) is 16.5 Å². The van der Waals surface area contributed by atoms with Gasteiger partial charge in [0.2, 0.25) is 39.1 Å². The second-order valence-corrected chi connectivity index (χ2v) is 10.5. The van der Waals surface area contributed by atoms with Crippen LogP contribution in [0.5, 0.6) is 0 Å². The summed E-state index contributed by atoms with van der Waals surface area (Å²) >= 11 is 0. The average Bonchev–Trinajstić information content (AvgIpc) is 2.48. The average molecular weight is 369 g/mol. The lowest BCUT2D eigenvalue weighted by Crippen LogP contribution is -2.52. The van der Waals surface area contributed by atoms with Gasteiger partial charge in [-0.25, -0.2) is 0 Å². The first-order chi connectivity index (χ1) is 10.2. The summed E-state index contributed by atoms with van der Waals surface area (Å²) in [5, 5.41) is 0. The molecule has 0 spiro atoms. The lowest BCUT2D eigenvalue weighted by Gasteiger charge is -2.28. The third-order valence-corrected chi connectivity index (χ3v) is 9.83. The number of allylic oxidation sites excluding steroid dienone is 4. The van der Waals surface area contributed by atoms with Crippen LogP contribution < -0.4 is 0 Å². The van der Waals surface area contributed by atoms with Crippen LogP contribution >= 0.6 is 0 Å². The van der Waals surface area contributed by atoms with Gasteiger partial charge in [0.1, 0.15) is 0 Å². The zero-order valence-electron chi connectivity index (χ0n) is 12.1. The van der Waals surface area contributed by atoms with Gasteiger partial charge >= 0.3 is 9.05 Å². The van der Waals surface area contributed by atoms with Crippen LogP contribution in [0, 0.1) is 0 Å². The molecule has 0 aliphatic rings. The van der Waals surface area contributed by atoms with Crippen LogP contribution in [0.2, 0.25) is 24.2 Å². The normalized spacial score (nSPS) is 11.0. The van der Waals surface area contributed by atoms with E-state index in [9.17, 15) is 0 Å². The zero-order valence-corrected chi connectivity index (χ0v) is 17.1. The van der Waals surface area contributed by atoms with Gasteiger partial charge in [-0.3, -0.25) is 0 Å². The quantitative estimate of drug-likeness (QED) is 0.238. The molecular formula is C12H20O4Si5. The third-order valence-electron chi connectivity index (χ3n) is 1.70. The van der Waals surface area contributed by atoms with E-state index in [1.54, 1.807) is 0 Å². The van der Waals surface area contributed by atoms with Gasteiger partial charge in [0.05, 0.1) is 0 Å². The van der Waals surface area contributed by atoms with Gasteiger partial charge in [-0.05, 0) is 24.2 Å². The van der Waals surface area contributed by atoms with Crippen LogP contribution in [0.3, 0.4) is 0 Å². The van der Waals surface area contributed by atoms with E-state index in [1.165, 1.54) is 0 Å². The first-order valence-corrected chi connectivity index (χ1v) is 12.4. The Morgan fingerprint density at radius 3 is 1.00 bits per heavy atom. The Balaban J connectivity index is 4.66. The van der Waals surface area contributed by atoms with E-state index in [4.69, 9.17) is 16.5 Å². The first-order valence-electron chi connectivity index (χ1n) is 6.31. The molecule has 9 heteroatoms. The van der Waals surface area contributed by atoms with Gasteiger partial charge in [0.15, 0.2) is 0 Å². The minimum atomic E-state index is -3.09. The molecule has 0 aromatic rings. The van der Waals surface area contributed by atoms with Crippen molar-refractivity contribution in [2.75, 3.05) is 0 Å². The Labute approximate surface area is 139 Å². The second kappa shape index (κ2) is 14.8. The molecule has 0 aromatic heterocycles. The van der Waals surface area contributed by atoms with E-state index >= 15 is 0 Å². The molecule has 0 aliphatic carbocycles. The lowest BCUT2D eigenvalue weighted by molar-refractivity contribution is 0.175. The SMILES string of the molecule is C=CC[Si]O[Si](O[Si]CC=C)(O[Si]CC=C)O[Si]CC=C. The van der Waals surface area contributed by atoms with E-state index in [2.05, 4.69) is 26.3 Å². The van der Waals surface area contributed by atoms with Crippen molar-refractivity contribution < 1.29 is 16.5 Å². The van der Waals surface area contributed by atoms with Crippen molar-refractivity contribution in [3.8, 4) is 0 Å². The summed E-state index contributed by atoms with van der Waals surface area (Å²) in [4.78, 5) is 0. The smallest absolute Gasteiger partial charge is 0.395 e. The standard InChI is InChI=1S/C12H20O4Si5/c1-5-9-17-13-21(14-18-10-6-2,15-19-11-7-3)16-20-12-8-4/h5-8H,1-4,9-12H2. The molecule has 0 saturated heterocycles. The largest absolute Gasteiger partial charge is 0.636 e. The molecule has 0 amide bonds. The van der Waals surface area contributed by atoms with Crippen molar-refractivity contribution >= 4 is 48.1 Å². The zero-order chi connectivity index (χ0) is 15.8. The maximum absolute atomic E-state index is 5.86. The van der Waals surface area contributed by atoms with Gasteiger partial charge in [-0.15, -0.1) is 26.3 Å². The highest BCUT2D eigenvalue weighted by Gasteiger charge is 2.43. The molecule has 112 valence electrons. The van der Waals surface area contributed by atoms with Crippen LogP contribution in [-0.4, -0.2) is 48.1 Å². The molecule has 21 heavy (non-hydrogen) atoms. The van der Waals surface area contributed by atoms with Crippen LogP contribution in [0.25, 0.3) is 0 Å². The highest BCUT2D eigenvalue weighted by Crippen LogP contribution is 2.12. The number of hydrogen-bond acceptors (Lipinski definition) is 4. The fourth-order valence-electron chi connectivity index (χ4n) is 0.881. The van der Waals surface area contributed by atoms with Gasteiger partial charge in [-0.2, -0.15) is 0 Å². The topological polar surface area (TPSA) is 36.9 Å². The molecule has 0 aliphatic heterocycles. The Bertz CT molecular complexity index is 253. The predicted octanol–water partition coefficient (Wildman–Crippen LogP) is 2.38. The van der Waals surface area contributed by atoms with Crippen molar-refractivity contribution in [3.05, 3.63) is 50.6 Å². The lowest BCUT2D eigenvalue weighted by atomic mass is 10.8. The summed E-state index contributed by atoms with van der Waals surface area (Å²) in [5.41, 5.74) is 0. The molecule has 8 radical (unpaired) electrons. The summed E-state index contributed by atoms with van der Waals surface area (Å²) < 4.78 is 23.4. The molecule has 0 saturated carbocycles. The minimum Gasteiger partial charge on any atom is -0.395 e. The summed E-state index contributed by atoms with van der Waals surface area (Å²) in [5.74, 6) is 0. The molecule has 0 atom stereocenters. The van der Waals surface area contributed by atoms with Crippen molar-refractivity contribution in [3.63, 3.8) is 0 Å². The molecule has 0 unspecified atom stereocenters. The molecule has 0 N–H and O–H groups in total. The maximum Gasteiger partial charge on any atom is 0.636 e. The minimum absolute atomic E-state index is 0.224. The monoisotopic (exact) mass is 368 g/mol. The third kappa shape index (κ3) is 11.1. The summed E-state index contributed by atoms with van der Waals surface area (Å²) in [7, 11) is -2.19. The highest BCUT2D eigenvalue weighted by atomic mass is 28.5. The Kier molecular flexibility index (Phi) is 14.7. The van der Waals surface area contributed by atoms with Gasteiger partial charge < -0.3 is 16.5 Å². The fraction of sp³-hybridized carbons (Fsp3) is 0.333. The molecular weight excluding hydrogens is 349 g/mol. The van der Waals surface area contributed by atoms with E-state index < -0.39 is 9.05 Å². The van der Waals surface area contributed by atoms with Crippen LogP contribution in [0.1, 0.15) is 0 Å².